The molecular weight excluding hydrogens is 212 g/mol. The summed E-state index contributed by atoms with van der Waals surface area (Å²) in [5.74, 6) is -2.60. The maximum atomic E-state index is 11.7. The van der Waals surface area contributed by atoms with Crippen molar-refractivity contribution in [3.8, 4) is 0 Å². The molecule has 1 N–H and O–H groups in total. The third-order valence-corrected chi connectivity index (χ3v) is 3.34. The van der Waals surface area contributed by atoms with Gasteiger partial charge in [-0.2, -0.15) is 0 Å². The lowest BCUT2D eigenvalue weighted by atomic mass is 9.83. The Labute approximate surface area is 93.0 Å². The largest absolute Gasteiger partial charge is 0.481 e. The predicted molar refractivity (Wildman–Crippen MR) is 53.3 cm³/mol. The van der Waals surface area contributed by atoms with Crippen molar-refractivity contribution in [1.29, 1.82) is 0 Å². The van der Waals surface area contributed by atoms with Crippen molar-refractivity contribution in [2.24, 2.45) is 23.7 Å². The number of hydrogen-bond acceptors (Lipinski definition) is 4. The maximum absolute atomic E-state index is 11.7. The van der Waals surface area contributed by atoms with Crippen molar-refractivity contribution >= 4 is 11.9 Å². The number of rotatable bonds is 4. The van der Waals surface area contributed by atoms with Gasteiger partial charge < -0.3 is 14.6 Å². The molecule has 16 heavy (non-hydrogen) atoms. The average molecular weight is 226 g/mol. The first kappa shape index (κ1) is 11.1. The lowest BCUT2D eigenvalue weighted by Gasteiger charge is -2.22. The molecule has 88 valence electrons. The summed E-state index contributed by atoms with van der Waals surface area (Å²) in [5.41, 5.74) is 0. The molecule has 0 spiro atoms. The molecule has 0 aliphatic heterocycles. The van der Waals surface area contributed by atoms with Crippen LogP contribution in [-0.2, 0) is 19.1 Å². The third kappa shape index (κ3) is 1.71. The van der Waals surface area contributed by atoms with Crippen LogP contribution in [0.5, 0.6) is 0 Å². The van der Waals surface area contributed by atoms with E-state index in [1.54, 1.807) is 0 Å². The molecule has 2 bridgehead atoms. The van der Waals surface area contributed by atoms with Crippen LogP contribution in [0.25, 0.3) is 0 Å². The van der Waals surface area contributed by atoms with E-state index >= 15 is 0 Å². The molecule has 0 radical (unpaired) electrons. The second kappa shape index (κ2) is 4.25. The van der Waals surface area contributed by atoms with E-state index in [9.17, 15) is 9.59 Å². The van der Waals surface area contributed by atoms with Crippen LogP contribution in [0.15, 0.2) is 12.2 Å². The van der Waals surface area contributed by atoms with Crippen LogP contribution in [0, 0.1) is 23.7 Å². The van der Waals surface area contributed by atoms with Gasteiger partial charge in [-0.15, -0.1) is 0 Å². The van der Waals surface area contributed by atoms with E-state index in [2.05, 4.69) is 4.74 Å². The van der Waals surface area contributed by atoms with Crippen LogP contribution in [0.4, 0.5) is 0 Å². The zero-order chi connectivity index (χ0) is 11.7. The molecule has 0 heterocycles. The molecule has 2 aliphatic carbocycles. The Morgan fingerprint density at radius 3 is 2.50 bits per heavy atom. The minimum atomic E-state index is -0.920. The van der Waals surface area contributed by atoms with Gasteiger partial charge in [0.15, 0.2) is 6.79 Å². The summed E-state index contributed by atoms with van der Waals surface area (Å²) < 4.78 is 9.49. The minimum Gasteiger partial charge on any atom is -0.481 e. The number of methoxy groups -OCH3 is 1. The van der Waals surface area contributed by atoms with Crippen molar-refractivity contribution < 1.29 is 24.2 Å². The normalized spacial score (nSPS) is 35.3. The van der Waals surface area contributed by atoms with E-state index in [1.165, 1.54) is 7.11 Å². The molecule has 5 heteroatoms. The number of carbonyl (C=O) groups excluding carboxylic acids is 1. The number of carboxylic acid groups (broad SMARTS) is 1. The Morgan fingerprint density at radius 2 is 1.94 bits per heavy atom. The average Bonchev–Trinajstić information content (AvgIpc) is 2.84. The molecule has 5 nitrogen and oxygen atoms in total. The van der Waals surface area contributed by atoms with Gasteiger partial charge in [0.2, 0.25) is 0 Å². The Morgan fingerprint density at radius 1 is 1.31 bits per heavy atom. The minimum absolute atomic E-state index is 0.00968. The molecule has 1 fully saturated rings. The van der Waals surface area contributed by atoms with Crippen molar-refractivity contribution in [3.05, 3.63) is 12.2 Å². The Kier molecular flexibility index (Phi) is 2.96. The smallest absolute Gasteiger partial charge is 0.312 e. The molecule has 4 atom stereocenters. The standard InChI is InChI=1S/C11H14O5/c1-15-5-16-11(14)9-7-3-2-6(4-7)8(9)10(12)13/h2-3,6-9H,4-5H2,1H3,(H,12,13). The van der Waals surface area contributed by atoms with Crippen molar-refractivity contribution in [2.45, 2.75) is 6.42 Å². The number of aliphatic carboxylic acids is 1. The first-order valence-electron chi connectivity index (χ1n) is 5.22. The number of fused-ring (bicyclic) bond motifs is 2. The zero-order valence-corrected chi connectivity index (χ0v) is 8.96. The van der Waals surface area contributed by atoms with Crippen LogP contribution in [-0.4, -0.2) is 30.9 Å². The number of ether oxygens (including phenoxy) is 2. The molecule has 4 unspecified atom stereocenters. The highest BCUT2D eigenvalue weighted by Crippen LogP contribution is 2.48. The number of esters is 1. The summed E-state index contributed by atoms with van der Waals surface area (Å²) in [6, 6.07) is 0. The van der Waals surface area contributed by atoms with E-state index in [1.807, 2.05) is 12.2 Å². The van der Waals surface area contributed by atoms with Crippen LogP contribution in [0.3, 0.4) is 0 Å². The number of allylic oxidation sites excluding steroid dienone is 2. The summed E-state index contributed by atoms with van der Waals surface area (Å²) in [4.78, 5) is 22.8. The number of carbonyl (C=O) groups is 2. The molecule has 0 saturated heterocycles. The van der Waals surface area contributed by atoms with Crippen LogP contribution in [0.2, 0.25) is 0 Å². The molecule has 0 aromatic carbocycles. The first-order chi connectivity index (χ1) is 7.65. The van der Waals surface area contributed by atoms with Crippen LogP contribution >= 0.6 is 0 Å². The lowest BCUT2D eigenvalue weighted by molar-refractivity contribution is -0.166. The van der Waals surface area contributed by atoms with Gasteiger partial charge in [0.1, 0.15) is 0 Å². The van der Waals surface area contributed by atoms with Crippen LogP contribution < -0.4 is 0 Å². The topological polar surface area (TPSA) is 72.8 Å². The lowest BCUT2D eigenvalue weighted by Crippen LogP contribution is -2.34. The number of hydrogen-bond donors (Lipinski definition) is 1. The fourth-order valence-electron chi connectivity index (χ4n) is 2.69. The summed E-state index contributed by atoms with van der Waals surface area (Å²) in [6.07, 6.45) is 4.55. The highest BCUT2D eigenvalue weighted by molar-refractivity contribution is 5.83. The number of carboxylic acids is 1. The van der Waals surface area contributed by atoms with Gasteiger partial charge in [0, 0.05) is 7.11 Å². The monoisotopic (exact) mass is 226 g/mol. The van der Waals surface area contributed by atoms with Gasteiger partial charge in [0.05, 0.1) is 11.8 Å². The zero-order valence-electron chi connectivity index (χ0n) is 8.96. The summed E-state index contributed by atoms with van der Waals surface area (Å²) >= 11 is 0. The van der Waals surface area contributed by atoms with Gasteiger partial charge >= 0.3 is 11.9 Å². The predicted octanol–water partition coefficient (Wildman–Crippen LogP) is 0.656. The molecular formula is C11H14O5. The fourth-order valence-corrected chi connectivity index (χ4v) is 2.69. The van der Waals surface area contributed by atoms with Gasteiger partial charge in [-0.1, -0.05) is 12.2 Å². The molecule has 2 aliphatic rings. The van der Waals surface area contributed by atoms with Crippen LogP contribution in [0.1, 0.15) is 6.42 Å². The van der Waals surface area contributed by atoms with Gasteiger partial charge in [0.25, 0.3) is 0 Å². The van der Waals surface area contributed by atoms with Crippen molar-refractivity contribution in [1.82, 2.24) is 0 Å². The van der Waals surface area contributed by atoms with Gasteiger partial charge in [-0.25, -0.2) is 0 Å². The summed E-state index contributed by atoms with van der Waals surface area (Å²) in [5, 5.41) is 9.11. The van der Waals surface area contributed by atoms with E-state index < -0.39 is 23.8 Å². The third-order valence-electron chi connectivity index (χ3n) is 3.34. The van der Waals surface area contributed by atoms with E-state index in [4.69, 9.17) is 9.84 Å². The fraction of sp³-hybridized carbons (Fsp3) is 0.636. The highest BCUT2D eigenvalue weighted by Gasteiger charge is 2.52. The van der Waals surface area contributed by atoms with E-state index in [0.29, 0.717) is 0 Å². The first-order valence-corrected chi connectivity index (χ1v) is 5.22. The Balaban J connectivity index is 2.10. The Hall–Kier alpha value is -1.36. The Bertz CT molecular complexity index is 335. The molecule has 2 rings (SSSR count). The van der Waals surface area contributed by atoms with Crippen molar-refractivity contribution in [2.75, 3.05) is 13.9 Å². The molecule has 0 amide bonds. The summed E-state index contributed by atoms with van der Waals surface area (Å²) in [6.45, 7) is -0.122. The SMILES string of the molecule is COCOC(=O)C1C2C=CC(C2)C1C(=O)O. The highest BCUT2D eigenvalue weighted by atomic mass is 16.7. The van der Waals surface area contributed by atoms with Crippen molar-refractivity contribution in [3.63, 3.8) is 0 Å². The molecule has 0 aromatic rings. The van der Waals surface area contributed by atoms with Gasteiger partial charge in [-0.05, 0) is 18.3 Å². The van der Waals surface area contributed by atoms with E-state index in [-0.39, 0.29) is 18.6 Å². The maximum Gasteiger partial charge on any atom is 0.312 e. The quantitative estimate of drug-likeness (QED) is 0.433. The molecule has 1 saturated carbocycles. The second-order valence-corrected chi connectivity index (χ2v) is 4.21. The molecule has 0 aromatic heterocycles. The second-order valence-electron chi connectivity index (χ2n) is 4.21. The van der Waals surface area contributed by atoms with E-state index in [0.717, 1.165) is 6.42 Å². The summed E-state index contributed by atoms with van der Waals surface area (Å²) in [7, 11) is 1.42. The van der Waals surface area contributed by atoms with Gasteiger partial charge in [-0.3, -0.25) is 9.59 Å².